The van der Waals surface area contributed by atoms with Crippen LogP contribution in [0.15, 0.2) is 48.5 Å². The minimum absolute atomic E-state index is 0.0296. The Morgan fingerprint density at radius 2 is 1.79 bits per heavy atom. The maximum Gasteiger partial charge on any atom is 0.193 e. The third-order valence-corrected chi connectivity index (χ3v) is 3.09. The zero-order valence-electron chi connectivity index (χ0n) is 11.3. The third-order valence-electron chi connectivity index (χ3n) is 3.09. The normalized spacial score (nSPS) is 10.2. The largest absolute Gasteiger partial charge is 0.497 e. The number of methoxy groups -OCH3 is 1. The number of rotatable bonds is 5. The molecule has 0 atom stereocenters. The van der Waals surface area contributed by atoms with E-state index in [0.717, 1.165) is 12.8 Å². The average molecular weight is 254 g/mol. The summed E-state index contributed by atoms with van der Waals surface area (Å²) < 4.78 is 5.14. The van der Waals surface area contributed by atoms with Crippen LogP contribution in [0.25, 0.3) is 0 Å². The Morgan fingerprint density at radius 3 is 2.42 bits per heavy atom. The van der Waals surface area contributed by atoms with Crippen LogP contribution in [-0.4, -0.2) is 12.9 Å². The van der Waals surface area contributed by atoms with Crippen molar-refractivity contribution in [2.45, 2.75) is 19.8 Å². The first-order valence-electron chi connectivity index (χ1n) is 6.52. The summed E-state index contributed by atoms with van der Waals surface area (Å²) in [6, 6.07) is 15.1. The number of hydrogen-bond acceptors (Lipinski definition) is 2. The fourth-order valence-electron chi connectivity index (χ4n) is 2.04. The van der Waals surface area contributed by atoms with Crippen LogP contribution in [0, 0.1) is 0 Å². The van der Waals surface area contributed by atoms with Crippen molar-refractivity contribution in [2.75, 3.05) is 7.11 Å². The summed E-state index contributed by atoms with van der Waals surface area (Å²) in [6.07, 6.45) is 2.16. The highest BCUT2D eigenvalue weighted by atomic mass is 16.5. The van der Waals surface area contributed by atoms with Gasteiger partial charge in [0.1, 0.15) is 5.75 Å². The molecule has 2 aromatic rings. The number of hydrogen-bond donors (Lipinski definition) is 0. The highest BCUT2D eigenvalue weighted by molar-refractivity contribution is 6.09. The van der Waals surface area contributed by atoms with Gasteiger partial charge < -0.3 is 4.74 Å². The van der Waals surface area contributed by atoms with Crippen molar-refractivity contribution in [3.8, 4) is 5.75 Å². The van der Waals surface area contributed by atoms with Crippen LogP contribution in [0.2, 0.25) is 0 Å². The molecule has 0 heterocycles. The first-order chi connectivity index (χ1) is 9.24. The standard InChI is InChI=1S/C17H18O2/c1-3-5-13-8-10-14(11-9-13)17(18)15-6-4-7-16(12-15)19-2/h4,6-12H,3,5H2,1-2H3. The summed E-state index contributed by atoms with van der Waals surface area (Å²) >= 11 is 0. The van der Waals surface area contributed by atoms with Gasteiger partial charge in [0.05, 0.1) is 7.11 Å². The molecule has 0 N–H and O–H groups in total. The van der Waals surface area contributed by atoms with Gasteiger partial charge in [0.15, 0.2) is 5.78 Å². The fourth-order valence-corrected chi connectivity index (χ4v) is 2.04. The minimum atomic E-state index is 0.0296. The van der Waals surface area contributed by atoms with Gasteiger partial charge in [-0.3, -0.25) is 4.79 Å². The average Bonchev–Trinajstić information content (AvgIpc) is 2.48. The van der Waals surface area contributed by atoms with Crippen molar-refractivity contribution in [3.63, 3.8) is 0 Å². The van der Waals surface area contributed by atoms with E-state index in [2.05, 4.69) is 6.92 Å². The minimum Gasteiger partial charge on any atom is -0.497 e. The first-order valence-corrected chi connectivity index (χ1v) is 6.52. The number of benzene rings is 2. The third kappa shape index (κ3) is 3.22. The molecular formula is C17H18O2. The number of carbonyl (C=O) groups excluding carboxylic acids is 1. The van der Waals surface area contributed by atoms with Crippen molar-refractivity contribution in [1.29, 1.82) is 0 Å². The molecule has 0 bridgehead atoms. The van der Waals surface area contributed by atoms with Crippen LogP contribution in [0.3, 0.4) is 0 Å². The van der Waals surface area contributed by atoms with Gasteiger partial charge >= 0.3 is 0 Å². The second kappa shape index (κ2) is 6.19. The van der Waals surface area contributed by atoms with E-state index in [4.69, 9.17) is 4.74 Å². The Labute approximate surface area is 114 Å². The molecule has 19 heavy (non-hydrogen) atoms. The van der Waals surface area contributed by atoms with Crippen LogP contribution >= 0.6 is 0 Å². The van der Waals surface area contributed by atoms with Gasteiger partial charge in [-0.1, -0.05) is 49.7 Å². The van der Waals surface area contributed by atoms with Gasteiger partial charge in [0.25, 0.3) is 0 Å². The smallest absolute Gasteiger partial charge is 0.193 e. The molecule has 0 fully saturated rings. The van der Waals surface area contributed by atoms with E-state index in [1.807, 2.05) is 42.5 Å². The van der Waals surface area contributed by atoms with Gasteiger partial charge in [-0.25, -0.2) is 0 Å². The van der Waals surface area contributed by atoms with Gasteiger partial charge in [-0.05, 0) is 24.1 Å². The predicted molar refractivity (Wildman–Crippen MR) is 76.9 cm³/mol. The van der Waals surface area contributed by atoms with Crippen molar-refractivity contribution >= 4 is 5.78 Å². The summed E-state index contributed by atoms with van der Waals surface area (Å²) in [5.41, 5.74) is 2.64. The van der Waals surface area contributed by atoms with E-state index in [9.17, 15) is 4.79 Å². The fraction of sp³-hybridized carbons (Fsp3) is 0.235. The SMILES string of the molecule is CCCc1ccc(C(=O)c2cccc(OC)c2)cc1. The van der Waals surface area contributed by atoms with Crippen LogP contribution in [0.4, 0.5) is 0 Å². The molecule has 0 aliphatic rings. The molecule has 98 valence electrons. The molecule has 0 spiro atoms. The molecule has 2 aromatic carbocycles. The summed E-state index contributed by atoms with van der Waals surface area (Å²) in [6.45, 7) is 2.15. The number of ketones is 1. The molecule has 0 saturated heterocycles. The van der Waals surface area contributed by atoms with Gasteiger partial charge in [0.2, 0.25) is 0 Å². The monoisotopic (exact) mass is 254 g/mol. The molecular weight excluding hydrogens is 236 g/mol. The van der Waals surface area contributed by atoms with Crippen LogP contribution in [0.5, 0.6) is 5.75 Å². The van der Waals surface area contributed by atoms with Gasteiger partial charge in [-0.2, -0.15) is 0 Å². The molecule has 0 saturated carbocycles. The van der Waals surface area contributed by atoms with Crippen molar-refractivity contribution in [1.82, 2.24) is 0 Å². The summed E-state index contributed by atoms with van der Waals surface area (Å²) in [5, 5.41) is 0. The van der Waals surface area contributed by atoms with Gasteiger partial charge in [-0.15, -0.1) is 0 Å². The maximum atomic E-state index is 12.3. The molecule has 0 aromatic heterocycles. The zero-order valence-corrected chi connectivity index (χ0v) is 11.3. The first kappa shape index (κ1) is 13.3. The second-order valence-corrected chi connectivity index (χ2v) is 4.51. The Kier molecular flexibility index (Phi) is 4.35. The molecule has 0 aliphatic heterocycles. The highest BCUT2D eigenvalue weighted by Gasteiger charge is 2.09. The Balaban J connectivity index is 2.22. The molecule has 2 rings (SSSR count). The predicted octanol–water partition coefficient (Wildman–Crippen LogP) is 3.88. The molecule has 0 unspecified atom stereocenters. The molecule has 0 radical (unpaired) electrons. The lowest BCUT2D eigenvalue weighted by atomic mass is 10.0. The number of ether oxygens (including phenoxy) is 1. The van der Waals surface area contributed by atoms with Crippen LogP contribution in [0.1, 0.15) is 34.8 Å². The molecule has 0 amide bonds. The van der Waals surface area contributed by atoms with E-state index in [0.29, 0.717) is 16.9 Å². The number of carbonyl (C=O) groups is 1. The van der Waals surface area contributed by atoms with E-state index < -0.39 is 0 Å². The summed E-state index contributed by atoms with van der Waals surface area (Å²) in [7, 11) is 1.60. The maximum absolute atomic E-state index is 12.3. The van der Waals surface area contributed by atoms with Crippen molar-refractivity contribution in [3.05, 3.63) is 65.2 Å². The summed E-state index contributed by atoms with van der Waals surface area (Å²) in [4.78, 5) is 12.3. The Morgan fingerprint density at radius 1 is 1.05 bits per heavy atom. The quantitative estimate of drug-likeness (QED) is 0.757. The zero-order chi connectivity index (χ0) is 13.7. The lowest BCUT2D eigenvalue weighted by Gasteiger charge is -2.05. The lowest BCUT2D eigenvalue weighted by Crippen LogP contribution is -2.01. The summed E-state index contributed by atoms with van der Waals surface area (Å²) in [5.74, 6) is 0.732. The van der Waals surface area contributed by atoms with Gasteiger partial charge in [0, 0.05) is 11.1 Å². The van der Waals surface area contributed by atoms with E-state index in [1.165, 1.54) is 5.56 Å². The number of aryl methyl sites for hydroxylation is 1. The molecule has 0 aliphatic carbocycles. The van der Waals surface area contributed by atoms with Crippen molar-refractivity contribution in [2.24, 2.45) is 0 Å². The van der Waals surface area contributed by atoms with Crippen LogP contribution < -0.4 is 4.74 Å². The van der Waals surface area contributed by atoms with E-state index in [1.54, 1.807) is 13.2 Å². The topological polar surface area (TPSA) is 26.3 Å². The molecule has 2 heteroatoms. The Hall–Kier alpha value is -2.09. The van der Waals surface area contributed by atoms with E-state index in [-0.39, 0.29) is 5.78 Å². The lowest BCUT2D eigenvalue weighted by molar-refractivity contribution is 0.103. The second-order valence-electron chi connectivity index (χ2n) is 4.51. The molecule has 2 nitrogen and oxygen atoms in total. The van der Waals surface area contributed by atoms with Crippen LogP contribution in [-0.2, 0) is 6.42 Å². The van der Waals surface area contributed by atoms with Crippen molar-refractivity contribution < 1.29 is 9.53 Å². The highest BCUT2D eigenvalue weighted by Crippen LogP contribution is 2.17. The van der Waals surface area contributed by atoms with E-state index >= 15 is 0 Å². The Bertz CT molecular complexity index is 556.